The van der Waals surface area contributed by atoms with Gasteiger partial charge in [0, 0.05) is 12.1 Å². The smallest absolute Gasteiger partial charge is 0.0274 e. The summed E-state index contributed by atoms with van der Waals surface area (Å²) in [6, 6.07) is 1.38. The molecule has 3 heteroatoms. The maximum Gasteiger partial charge on any atom is 0.0274 e. The van der Waals surface area contributed by atoms with Crippen molar-refractivity contribution < 1.29 is 0 Å². The zero-order chi connectivity index (χ0) is 14.4. The summed E-state index contributed by atoms with van der Waals surface area (Å²) in [5, 5.41) is 3.58. The molecule has 1 N–H and O–H groups in total. The minimum Gasteiger partial charge on any atom is -0.315 e. The van der Waals surface area contributed by atoms with E-state index in [1.807, 2.05) is 0 Å². The number of hydrogen-bond donors (Lipinski definition) is 1. The van der Waals surface area contributed by atoms with Gasteiger partial charge in [-0.05, 0) is 71.9 Å². The summed E-state index contributed by atoms with van der Waals surface area (Å²) in [5.41, 5.74) is 0. The van der Waals surface area contributed by atoms with Gasteiger partial charge in [-0.25, -0.2) is 0 Å². The van der Waals surface area contributed by atoms with Crippen LogP contribution in [0.25, 0.3) is 0 Å². The zero-order valence-corrected chi connectivity index (χ0v) is 13.9. The lowest BCUT2D eigenvalue weighted by Gasteiger charge is -2.45. The van der Waals surface area contributed by atoms with Crippen molar-refractivity contribution in [3.63, 3.8) is 0 Å². The van der Waals surface area contributed by atoms with Crippen LogP contribution in [0.5, 0.6) is 0 Å². The Morgan fingerprint density at radius 2 is 1.79 bits per heavy atom. The molecular formula is C16H35N3. The molecule has 0 radical (unpaired) electrons. The summed E-state index contributed by atoms with van der Waals surface area (Å²) in [4.78, 5) is 5.00. The molecule has 19 heavy (non-hydrogen) atoms. The molecule has 0 aromatic carbocycles. The van der Waals surface area contributed by atoms with Gasteiger partial charge in [-0.15, -0.1) is 0 Å². The minimum atomic E-state index is 0.665. The van der Waals surface area contributed by atoms with E-state index in [0.29, 0.717) is 12.1 Å². The third-order valence-corrected chi connectivity index (χ3v) is 4.67. The Kier molecular flexibility index (Phi) is 7.33. The maximum atomic E-state index is 3.58. The third kappa shape index (κ3) is 5.05. The Balaban J connectivity index is 2.60. The molecule has 0 aromatic rings. The van der Waals surface area contributed by atoms with Gasteiger partial charge in [-0.1, -0.05) is 20.8 Å². The molecule has 0 aliphatic heterocycles. The van der Waals surface area contributed by atoms with E-state index < -0.39 is 0 Å². The van der Waals surface area contributed by atoms with Crippen molar-refractivity contribution in [2.75, 3.05) is 40.8 Å². The third-order valence-electron chi connectivity index (χ3n) is 4.67. The first-order valence-corrected chi connectivity index (χ1v) is 8.05. The summed E-state index contributed by atoms with van der Waals surface area (Å²) in [6.45, 7) is 10.8. The highest BCUT2D eigenvalue weighted by Crippen LogP contribution is 2.32. The molecule has 114 valence electrons. The fourth-order valence-electron chi connectivity index (χ4n) is 3.85. The summed E-state index contributed by atoms with van der Waals surface area (Å²) in [5.74, 6) is 1.67. The van der Waals surface area contributed by atoms with Gasteiger partial charge >= 0.3 is 0 Å². The molecule has 4 unspecified atom stereocenters. The fourth-order valence-corrected chi connectivity index (χ4v) is 3.85. The standard InChI is InChI=1S/C16H35N3/c1-7-19(10-8-9-18(5)6)16-14(3)11-13(2)12-15(16)17-4/h13-17H,7-12H2,1-6H3. The van der Waals surface area contributed by atoms with Crippen LogP contribution < -0.4 is 5.32 Å². The summed E-state index contributed by atoms with van der Waals surface area (Å²) in [6.07, 6.45) is 3.98. The highest BCUT2D eigenvalue weighted by atomic mass is 15.2. The van der Waals surface area contributed by atoms with Gasteiger partial charge in [0.15, 0.2) is 0 Å². The van der Waals surface area contributed by atoms with E-state index in [9.17, 15) is 0 Å². The number of rotatable bonds is 7. The lowest BCUT2D eigenvalue weighted by atomic mass is 9.76. The zero-order valence-electron chi connectivity index (χ0n) is 13.9. The molecule has 3 nitrogen and oxygen atoms in total. The second-order valence-corrected chi connectivity index (χ2v) is 6.73. The van der Waals surface area contributed by atoms with Crippen molar-refractivity contribution in [1.82, 2.24) is 15.1 Å². The molecule has 0 bridgehead atoms. The van der Waals surface area contributed by atoms with Gasteiger partial charge < -0.3 is 10.2 Å². The average molecular weight is 269 g/mol. The highest BCUT2D eigenvalue weighted by molar-refractivity contribution is 4.93. The SMILES string of the molecule is CCN(CCCN(C)C)C1C(C)CC(C)CC1NC. The summed E-state index contributed by atoms with van der Waals surface area (Å²) >= 11 is 0. The Morgan fingerprint density at radius 3 is 2.32 bits per heavy atom. The van der Waals surface area contributed by atoms with E-state index in [4.69, 9.17) is 0 Å². The first kappa shape index (κ1) is 16.9. The van der Waals surface area contributed by atoms with Crippen molar-refractivity contribution in [3.8, 4) is 0 Å². The van der Waals surface area contributed by atoms with Crippen LogP contribution in [0.1, 0.15) is 40.0 Å². The van der Waals surface area contributed by atoms with Crippen molar-refractivity contribution in [1.29, 1.82) is 0 Å². The van der Waals surface area contributed by atoms with Gasteiger partial charge in [-0.2, -0.15) is 0 Å². The summed E-state index contributed by atoms with van der Waals surface area (Å²) in [7, 11) is 6.46. The first-order chi connectivity index (χ1) is 8.99. The second-order valence-electron chi connectivity index (χ2n) is 6.73. The molecule has 0 aromatic heterocycles. The predicted octanol–water partition coefficient (Wildman–Crippen LogP) is 2.28. The predicted molar refractivity (Wildman–Crippen MR) is 84.6 cm³/mol. The largest absolute Gasteiger partial charge is 0.315 e. The maximum absolute atomic E-state index is 3.58. The fraction of sp³-hybridized carbons (Fsp3) is 1.00. The normalized spacial score (nSPS) is 32.2. The quantitative estimate of drug-likeness (QED) is 0.765. The van der Waals surface area contributed by atoms with Gasteiger partial charge in [0.2, 0.25) is 0 Å². The van der Waals surface area contributed by atoms with Gasteiger partial charge in [0.1, 0.15) is 0 Å². The highest BCUT2D eigenvalue weighted by Gasteiger charge is 2.36. The van der Waals surface area contributed by atoms with E-state index in [-0.39, 0.29) is 0 Å². The molecule has 4 atom stereocenters. The molecule has 1 saturated carbocycles. The minimum absolute atomic E-state index is 0.665. The van der Waals surface area contributed by atoms with E-state index in [2.05, 4.69) is 57.0 Å². The topological polar surface area (TPSA) is 18.5 Å². The van der Waals surface area contributed by atoms with Crippen LogP contribution in [-0.4, -0.2) is 62.7 Å². The van der Waals surface area contributed by atoms with Crippen LogP contribution in [-0.2, 0) is 0 Å². The molecule has 0 spiro atoms. The number of nitrogens with one attached hydrogen (secondary N) is 1. The Bertz CT molecular complexity index is 242. The number of hydrogen-bond acceptors (Lipinski definition) is 3. The van der Waals surface area contributed by atoms with Crippen LogP contribution in [0.15, 0.2) is 0 Å². The van der Waals surface area contributed by atoms with E-state index in [1.165, 1.54) is 38.9 Å². The van der Waals surface area contributed by atoms with Crippen molar-refractivity contribution in [2.45, 2.75) is 52.1 Å². The van der Waals surface area contributed by atoms with Crippen LogP contribution in [0.2, 0.25) is 0 Å². The van der Waals surface area contributed by atoms with Crippen LogP contribution >= 0.6 is 0 Å². The lowest BCUT2D eigenvalue weighted by Crippen LogP contribution is -2.56. The Hall–Kier alpha value is -0.120. The van der Waals surface area contributed by atoms with Crippen molar-refractivity contribution in [3.05, 3.63) is 0 Å². The van der Waals surface area contributed by atoms with Gasteiger partial charge in [0.25, 0.3) is 0 Å². The van der Waals surface area contributed by atoms with Crippen LogP contribution in [0.4, 0.5) is 0 Å². The van der Waals surface area contributed by atoms with Crippen molar-refractivity contribution in [2.24, 2.45) is 11.8 Å². The number of likely N-dealkylation sites (N-methyl/N-ethyl adjacent to an activating group) is 2. The first-order valence-electron chi connectivity index (χ1n) is 8.05. The molecule has 1 aliphatic rings. The molecule has 0 amide bonds. The van der Waals surface area contributed by atoms with Gasteiger partial charge in [-0.3, -0.25) is 4.90 Å². The van der Waals surface area contributed by atoms with Crippen LogP contribution in [0, 0.1) is 11.8 Å². The van der Waals surface area contributed by atoms with E-state index >= 15 is 0 Å². The van der Waals surface area contributed by atoms with Crippen molar-refractivity contribution >= 4 is 0 Å². The molecule has 0 saturated heterocycles. The average Bonchev–Trinajstić information content (AvgIpc) is 2.34. The lowest BCUT2D eigenvalue weighted by molar-refractivity contribution is 0.0655. The molecule has 1 fully saturated rings. The Morgan fingerprint density at radius 1 is 1.11 bits per heavy atom. The van der Waals surface area contributed by atoms with Crippen LogP contribution in [0.3, 0.4) is 0 Å². The molecule has 0 heterocycles. The molecule has 1 rings (SSSR count). The molecule has 1 aliphatic carbocycles. The van der Waals surface area contributed by atoms with E-state index in [1.54, 1.807) is 0 Å². The summed E-state index contributed by atoms with van der Waals surface area (Å²) < 4.78 is 0. The Labute approximate surface area is 120 Å². The monoisotopic (exact) mass is 269 g/mol. The number of nitrogens with zero attached hydrogens (tertiary/aromatic N) is 2. The molecular weight excluding hydrogens is 234 g/mol. The van der Waals surface area contributed by atoms with Gasteiger partial charge in [0.05, 0.1) is 0 Å². The second kappa shape index (κ2) is 8.23. The van der Waals surface area contributed by atoms with E-state index in [0.717, 1.165) is 11.8 Å².